The number of aromatic nitrogens is 2. The second kappa shape index (κ2) is 8.30. The summed E-state index contributed by atoms with van der Waals surface area (Å²) in [6.07, 6.45) is 4.31. The van der Waals surface area contributed by atoms with Crippen LogP contribution in [0.25, 0.3) is 0 Å². The van der Waals surface area contributed by atoms with Crippen LogP contribution < -0.4 is 15.1 Å². The van der Waals surface area contributed by atoms with Crippen LogP contribution in [0.3, 0.4) is 0 Å². The minimum atomic E-state index is -0.574. The number of methoxy groups -OCH3 is 1. The number of carbonyl (C=O) groups excluding carboxylic acids is 2. The Hall–Kier alpha value is -2.07. The number of ether oxygens (including phenoxy) is 1. The number of rotatable bonds is 6. The van der Waals surface area contributed by atoms with Crippen molar-refractivity contribution < 1.29 is 28.6 Å². The summed E-state index contributed by atoms with van der Waals surface area (Å²) in [4.78, 5) is 26.3. The van der Waals surface area contributed by atoms with Gasteiger partial charge in [0.15, 0.2) is 13.0 Å². The van der Waals surface area contributed by atoms with E-state index in [4.69, 9.17) is 4.74 Å². The normalized spacial score (nSPS) is 14.5. The Bertz CT molecular complexity index is 842. The molecule has 27 heavy (non-hydrogen) atoms. The number of fused-ring (bicyclic) bond motifs is 1. The maximum atomic E-state index is 12.8. The molecular weight excluding hydrogens is 390 g/mol. The van der Waals surface area contributed by atoms with E-state index in [-0.39, 0.29) is 10.9 Å². The standard InChI is InChI=1S/C17H21N3O5S2/c1-4-10(27-15-17(23)25-19-20(15)2)13(21)18-14-12(16(22)24-3)9-7-5-6-8-11(9)26-14/h10H,4-8H2,1-3H3,(H-,18,19,21,22,23). The second-order valence-corrected chi connectivity index (χ2v) is 8.50. The van der Waals surface area contributed by atoms with Gasteiger partial charge in [-0.25, -0.2) is 4.79 Å². The molecule has 2 heterocycles. The van der Waals surface area contributed by atoms with Gasteiger partial charge >= 0.3 is 5.97 Å². The van der Waals surface area contributed by atoms with Crippen LogP contribution in [0.15, 0.2) is 9.55 Å². The number of hydrogen-bond donors (Lipinski definition) is 1. The molecule has 8 nitrogen and oxygen atoms in total. The lowest BCUT2D eigenvalue weighted by Gasteiger charge is -2.13. The van der Waals surface area contributed by atoms with Crippen LogP contribution in [0.5, 0.6) is 5.95 Å². The van der Waals surface area contributed by atoms with E-state index in [1.165, 1.54) is 23.1 Å². The zero-order chi connectivity index (χ0) is 19.6. The van der Waals surface area contributed by atoms with Crippen molar-refractivity contribution in [1.82, 2.24) is 5.27 Å². The molecule has 1 aliphatic carbocycles. The van der Waals surface area contributed by atoms with Crippen LogP contribution in [0, 0.1) is 0 Å². The largest absolute Gasteiger partial charge is 0.538 e. The van der Waals surface area contributed by atoms with Crippen molar-refractivity contribution in [3.8, 4) is 5.95 Å². The first-order valence-electron chi connectivity index (χ1n) is 8.69. The van der Waals surface area contributed by atoms with E-state index < -0.39 is 17.2 Å². The number of esters is 1. The molecule has 0 bridgehead atoms. The molecule has 146 valence electrons. The molecule has 1 N–H and O–H groups in total. The molecule has 3 rings (SSSR count). The lowest BCUT2D eigenvalue weighted by Crippen LogP contribution is -2.34. The summed E-state index contributed by atoms with van der Waals surface area (Å²) in [5.41, 5.74) is 1.45. The third-order valence-corrected chi connectivity index (χ3v) is 7.12. The number of aryl methyl sites for hydroxylation is 2. The fraction of sp³-hybridized carbons (Fsp3) is 0.529. The SMILES string of the molecule is CCC(Sc1c([O-])on[n+]1C)C(=O)Nc1sc2c(c1C(=O)OC)CCCC2. The highest BCUT2D eigenvalue weighted by atomic mass is 32.2. The van der Waals surface area contributed by atoms with Crippen molar-refractivity contribution >= 4 is 40.0 Å². The van der Waals surface area contributed by atoms with E-state index in [9.17, 15) is 14.7 Å². The van der Waals surface area contributed by atoms with E-state index in [1.54, 1.807) is 7.05 Å². The maximum absolute atomic E-state index is 12.8. The molecule has 0 spiro atoms. The average molecular weight is 412 g/mol. The number of anilines is 1. The van der Waals surface area contributed by atoms with Crippen LogP contribution in [-0.2, 0) is 29.4 Å². The van der Waals surface area contributed by atoms with Crippen molar-refractivity contribution in [2.45, 2.75) is 49.3 Å². The van der Waals surface area contributed by atoms with Gasteiger partial charge in [0.1, 0.15) is 5.00 Å². The molecular formula is C17H21N3O5S2. The predicted octanol–water partition coefficient (Wildman–Crippen LogP) is 1.81. The predicted molar refractivity (Wildman–Crippen MR) is 98.0 cm³/mol. The van der Waals surface area contributed by atoms with E-state index in [0.29, 0.717) is 17.0 Å². The second-order valence-electron chi connectivity index (χ2n) is 6.20. The van der Waals surface area contributed by atoms with E-state index in [1.807, 2.05) is 6.92 Å². The van der Waals surface area contributed by atoms with Gasteiger partial charge in [0.05, 0.1) is 23.2 Å². The monoisotopic (exact) mass is 411 g/mol. The lowest BCUT2D eigenvalue weighted by atomic mass is 9.95. The Labute approximate surface area is 164 Å². The molecule has 0 radical (unpaired) electrons. The summed E-state index contributed by atoms with van der Waals surface area (Å²) in [5.74, 6) is -1.28. The van der Waals surface area contributed by atoms with Crippen LogP contribution in [0.4, 0.5) is 5.00 Å². The summed E-state index contributed by atoms with van der Waals surface area (Å²) in [6.45, 7) is 1.86. The highest BCUT2D eigenvalue weighted by Gasteiger charge is 2.30. The van der Waals surface area contributed by atoms with Crippen LogP contribution in [-0.4, -0.2) is 29.5 Å². The Kier molecular flexibility index (Phi) is 6.05. The van der Waals surface area contributed by atoms with Gasteiger partial charge in [-0.15, -0.1) is 11.3 Å². The van der Waals surface area contributed by atoms with Crippen LogP contribution in [0.2, 0.25) is 0 Å². The Morgan fingerprint density at radius 1 is 1.44 bits per heavy atom. The molecule has 2 aromatic rings. The highest BCUT2D eigenvalue weighted by Crippen LogP contribution is 2.39. The molecule has 0 saturated heterocycles. The molecule has 10 heteroatoms. The summed E-state index contributed by atoms with van der Waals surface area (Å²) in [5, 5.41) is 18.4. The Morgan fingerprint density at radius 2 is 2.19 bits per heavy atom. The summed E-state index contributed by atoms with van der Waals surface area (Å²) >= 11 is 2.54. The Balaban J connectivity index is 1.84. The fourth-order valence-corrected chi connectivity index (χ4v) is 5.25. The highest BCUT2D eigenvalue weighted by molar-refractivity contribution is 8.00. The maximum Gasteiger partial charge on any atom is 0.341 e. The lowest BCUT2D eigenvalue weighted by molar-refractivity contribution is -0.772. The number of thiophene rings is 1. The van der Waals surface area contributed by atoms with Gasteiger partial charge in [-0.05, 0) is 49.4 Å². The summed E-state index contributed by atoms with van der Waals surface area (Å²) < 4.78 is 10.8. The van der Waals surface area contributed by atoms with Crippen molar-refractivity contribution in [3.63, 3.8) is 0 Å². The van der Waals surface area contributed by atoms with Crippen molar-refractivity contribution in [2.75, 3.05) is 12.4 Å². The first-order chi connectivity index (χ1) is 13.0. The van der Waals surface area contributed by atoms with Crippen LogP contribution in [0.1, 0.15) is 47.0 Å². The number of carbonyl (C=O) groups is 2. The molecule has 0 aliphatic heterocycles. The van der Waals surface area contributed by atoms with Gasteiger partial charge in [0.25, 0.3) is 5.03 Å². The first-order valence-corrected chi connectivity index (χ1v) is 10.4. The van der Waals surface area contributed by atoms with E-state index in [2.05, 4.69) is 15.1 Å². The molecule has 1 unspecified atom stereocenters. The minimum Gasteiger partial charge on any atom is -0.538 e. The van der Waals surface area contributed by atoms with Crippen LogP contribution >= 0.6 is 23.1 Å². The quantitative estimate of drug-likeness (QED) is 0.439. The van der Waals surface area contributed by atoms with Gasteiger partial charge in [0, 0.05) is 4.88 Å². The van der Waals surface area contributed by atoms with Gasteiger partial charge in [-0.1, -0.05) is 11.6 Å². The fourth-order valence-electron chi connectivity index (χ4n) is 3.05. The van der Waals surface area contributed by atoms with Crippen molar-refractivity contribution in [3.05, 3.63) is 16.0 Å². The number of amides is 1. The third kappa shape index (κ3) is 3.96. The molecule has 1 atom stereocenters. The number of nitrogens with one attached hydrogen (secondary N) is 1. The van der Waals surface area contributed by atoms with Gasteiger partial charge in [0.2, 0.25) is 5.91 Å². The zero-order valence-corrected chi connectivity index (χ0v) is 17.0. The zero-order valence-electron chi connectivity index (χ0n) is 15.4. The van der Waals surface area contributed by atoms with Gasteiger partial charge in [-0.3, -0.25) is 4.79 Å². The third-order valence-electron chi connectivity index (χ3n) is 4.43. The average Bonchev–Trinajstić information content (AvgIpc) is 3.18. The topological polar surface area (TPSA) is 108 Å². The van der Waals surface area contributed by atoms with Gasteiger partial charge < -0.3 is 19.7 Å². The summed E-state index contributed by atoms with van der Waals surface area (Å²) in [7, 11) is 2.92. The van der Waals surface area contributed by atoms with E-state index >= 15 is 0 Å². The molecule has 0 fully saturated rings. The summed E-state index contributed by atoms with van der Waals surface area (Å²) in [6, 6.07) is 0. The first kappa shape index (κ1) is 19.7. The molecule has 0 saturated carbocycles. The van der Waals surface area contributed by atoms with Crippen molar-refractivity contribution in [2.24, 2.45) is 7.05 Å². The van der Waals surface area contributed by atoms with Crippen molar-refractivity contribution in [1.29, 1.82) is 0 Å². The number of hydrogen-bond acceptors (Lipinski definition) is 8. The number of nitrogens with zero attached hydrogens (tertiary/aromatic N) is 2. The Morgan fingerprint density at radius 3 is 2.81 bits per heavy atom. The molecule has 1 aliphatic rings. The molecule has 2 aromatic heterocycles. The molecule has 1 amide bonds. The van der Waals surface area contributed by atoms with E-state index in [0.717, 1.165) is 47.9 Å². The number of thioether (sulfide) groups is 1. The van der Waals surface area contributed by atoms with Gasteiger partial charge in [-0.2, -0.15) is 0 Å². The molecule has 0 aromatic carbocycles. The smallest absolute Gasteiger partial charge is 0.341 e. The minimum absolute atomic E-state index is 0.260.